The fourth-order valence-corrected chi connectivity index (χ4v) is 12.2. The van der Waals surface area contributed by atoms with Crippen molar-refractivity contribution in [3.8, 4) is 0 Å². The molecule has 0 bridgehead atoms. The van der Waals surface area contributed by atoms with Crippen molar-refractivity contribution in [1.82, 2.24) is 19.9 Å². The van der Waals surface area contributed by atoms with Gasteiger partial charge in [0.15, 0.2) is 0 Å². The summed E-state index contributed by atoms with van der Waals surface area (Å²) in [5, 5.41) is 14.9. The smallest absolute Gasteiger partial charge is 0.148 e. The maximum absolute atomic E-state index is 4.51. The highest BCUT2D eigenvalue weighted by molar-refractivity contribution is 7.83. The normalized spacial score (nSPS) is 12.0. The van der Waals surface area contributed by atoms with Crippen LogP contribution in [0.15, 0.2) is 90.2 Å². The highest BCUT2D eigenvalue weighted by atomic mass is 32.2. The predicted molar refractivity (Wildman–Crippen MR) is 261 cm³/mol. The van der Waals surface area contributed by atoms with Gasteiger partial charge in [-0.05, 0) is 130 Å². The lowest BCUT2D eigenvalue weighted by Crippen LogP contribution is -2.25. The SMILES string of the molecule is Sc1nc2ccc(NCCCC(CCCNc3ccc4nc(S)sc4c3)(CCCNc3ccc4nc(S)sc4c3)CCCNc3ccc4nc(S)sc4c3)cc2s1. The van der Waals surface area contributed by atoms with Gasteiger partial charge in [-0.15, -0.1) is 95.9 Å². The molecular formula is C41H44N8S8. The van der Waals surface area contributed by atoms with Crippen LogP contribution in [0.3, 0.4) is 0 Å². The molecule has 0 amide bonds. The minimum Gasteiger partial charge on any atom is -0.385 e. The number of hydrogen-bond donors (Lipinski definition) is 8. The Balaban J connectivity index is 0.948. The number of nitrogens with zero attached hydrogens (tertiary/aromatic N) is 4. The van der Waals surface area contributed by atoms with Crippen molar-refractivity contribution in [2.75, 3.05) is 47.4 Å². The molecular weight excluding hydrogens is 861 g/mol. The summed E-state index contributed by atoms with van der Waals surface area (Å²) in [6.45, 7) is 3.67. The summed E-state index contributed by atoms with van der Waals surface area (Å²) in [5.41, 5.74) is 8.73. The largest absolute Gasteiger partial charge is 0.385 e. The Morgan fingerprint density at radius 2 is 0.632 bits per heavy atom. The molecule has 57 heavy (non-hydrogen) atoms. The van der Waals surface area contributed by atoms with Crippen LogP contribution in [0.25, 0.3) is 40.9 Å². The van der Waals surface area contributed by atoms with Gasteiger partial charge in [-0.2, -0.15) is 0 Å². The number of anilines is 4. The summed E-state index contributed by atoms with van der Waals surface area (Å²) in [7, 11) is 0. The topological polar surface area (TPSA) is 99.7 Å². The fourth-order valence-electron chi connectivity index (χ4n) is 7.62. The molecule has 296 valence electrons. The van der Waals surface area contributed by atoms with Gasteiger partial charge in [-0.1, -0.05) is 0 Å². The van der Waals surface area contributed by atoms with Gasteiger partial charge in [0.1, 0.15) is 17.4 Å². The average molecular weight is 905 g/mol. The van der Waals surface area contributed by atoms with Crippen molar-refractivity contribution in [2.24, 2.45) is 5.41 Å². The monoisotopic (exact) mass is 904 g/mol. The second kappa shape index (κ2) is 19.0. The zero-order chi connectivity index (χ0) is 39.2. The zero-order valence-corrected chi connectivity index (χ0v) is 38.0. The number of benzene rings is 4. The quantitative estimate of drug-likeness (QED) is 0.0283. The van der Waals surface area contributed by atoms with Crippen LogP contribution in [0.1, 0.15) is 51.4 Å². The molecule has 0 spiro atoms. The van der Waals surface area contributed by atoms with Gasteiger partial charge in [-0.3, -0.25) is 0 Å². The molecule has 0 saturated carbocycles. The molecule has 0 aliphatic rings. The molecule has 0 radical (unpaired) electrons. The highest BCUT2D eigenvalue weighted by Crippen LogP contribution is 2.41. The van der Waals surface area contributed by atoms with Crippen molar-refractivity contribution in [1.29, 1.82) is 0 Å². The molecule has 8 nitrogen and oxygen atoms in total. The van der Waals surface area contributed by atoms with Gasteiger partial charge < -0.3 is 21.3 Å². The first kappa shape index (κ1) is 40.8. The molecule has 16 heteroatoms. The van der Waals surface area contributed by atoms with Crippen molar-refractivity contribution < 1.29 is 0 Å². The Hall–Kier alpha value is -2.96. The van der Waals surface area contributed by atoms with Crippen molar-refractivity contribution >= 4 is 159 Å². The lowest BCUT2D eigenvalue weighted by atomic mass is 9.72. The number of thiazole rings is 4. The molecule has 8 aromatic rings. The molecule has 4 aromatic heterocycles. The van der Waals surface area contributed by atoms with Crippen molar-refractivity contribution in [3.63, 3.8) is 0 Å². The molecule has 0 aliphatic carbocycles. The highest BCUT2D eigenvalue weighted by Gasteiger charge is 2.28. The average Bonchev–Trinajstić information content (AvgIpc) is 3.97. The Kier molecular flexibility index (Phi) is 13.6. The lowest BCUT2D eigenvalue weighted by Gasteiger charge is -2.35. The number of nitrogens with one attached hydrogen (secondary N) is 4. The van der Waals surface area contributed by atoms with Crippen molar-refractivity contribution in [2.45, 2.75) is 68.7 Å². The molecule has 0 aliphatic heterocycles. The van der Waals surface area contributed by atoms with Crippen LogP contribution in [-0.4, -0.2) is 46.1 Å². The molecule has 8 rings (SSSR count). The van der Waals surface area contributed by atoms with E-state index in [9.17, 15) is 0 Å². The maximum atomic E-state index is 4.51. The summed E-state index contributed by atoms with van der Waals surface area (Å²) in [6.07, 6.45) is 8.94. The summed E-state index contributed by atoms with van der Waals surface area (Å²) < 4.78 is 7.84. The standard InChI is InChI=1S/C41H44N8S8/c50-37-46-29-9-5-25(21-33(29)54-37)42-17-1-13-41(14-2-18-43-26-6-10-30-34(22-26)55-38(51)47-30,15-3-19-44-27-7-11-31-35(23-27)56-39(52)48-31)16-4-20-45-28-8-12-32-36(24-28)57-40(53)49-32/h5-12,21-24,42-45H,1-4,13-20H2,(H,46,50)(H,47,51)(H,48,52)(H,49,53). The number of fused-ring (bicyclic) bond motifs is 4. The third-order valence-electron chi connectivity index (χ3n) is 10.4. The number of rotatable bonds is 20. The van der Waals surface area contributed by atoms with E-state index in [2.05, 4.69) is 165 Å². The van der Waals surface area contributed by atoms with E-state index in [0.29, 0.717) is 0 Å². The van der Waals surface area contributed by atoms with Crippen LogP contribution in [0.4, 0.5) is 22.7 Å². The Labute approximate surface area is 370 Å². The molecule has 4 aromatic carbocycles. The lowest BCUT2D eigenvalue weighted by molar-refractivity contribution is 0.186. The van der Waals surface area contributed by atoms with Crippen LogP contribution in [0, 0.1) is 5.41 Å². The van der Waals surface area contributed by atoms with Gasteiger partial charge in [0.05, 0.1) is 40.9 Å². The second-order valence-electron chi connectivity index (χ2n) is 14.3. The molecule has 4 heterocycles. The fraction of sp³-hybridized carbons (Fsp3) is 0.317. The van der Waals surface area contributed by atoms with E-state index in [1.54, 1.807) is 45.3 Å². The third kappa shape index (κ3) is 10.8. The van der Waals surface area contributed by atoms with Gasteiger partial charge >= 0.3 is 0 Å². The van der Waals surface area contributed by atoms with E-state index in [-0.39, 0.29) is 5.41 Å². The predicted octanol–water partition coefficient (Wildman–Crippen LogP) is 13.1. The van der Waals surface area contributed by atoms with Crippen LogP contribution in [0.5, 0.6) is 0 Å². The molecule has 0 atom stereocenters. The van der Waals surface area contributed by atoms with E-state index in [0.717, 1.165) is 159 Å². The van der Waals surface area contributed by atoms with Crippen molar-refractivity contribution in [3.05, 3.63) is 72.8 Å². The van der Waals surface area contributed by atoms with E-state index < -0.39 is 0 Å². The summed E-state index contributed by atoms with van der Waals surface area (Å²) in [5.74, 6) is 0. The van der Waals surface area contributed by atoms with Gasteiger partial charge in [0, 0.05) is 48.9 Å². The molecule has 4 N–H and O–H groups in total. The van der Waals surface area contributed by atoms with Crippen LogP contribution in [-0.2, 0) is 0 Å². The number of aromatic nitrogens is 4. The minimum atomic E-state index is 0.183. The van der Waals surface area contributed by atoms with E-state index >= 15 is 0 Å². The maximum Gasteiger partial charge on any atom is 0.148 e. The van der Waals surface area contributed by atoms with E-state index in [4.69, 9.17) is 0 Å². The first-order valence-electron chi connectivity index (χ1n) is 19.1. The van der Waals surface area contributed by atoms with Crippen LogP contribution in [0.2, 0.25) is 0 Å². The summed E-state index contributed by atoms with van der Waals surface area (Å²) in [4.78, 5) is 18.1. The first-order valence-corrected chi connectivity index (χ1v) is 24.2. The minimum absolute atomic E-state index is 0.183. The molecule has 0 fully saturated rings. The molecule has 0 unspecified atom stereocenters. The van der Waals surface area contributed by atoms with Crippen LogP contribution < -0.4 is 21.3 Å². The third-order valence-corrected chi connectivity index (χ3v) is 15.1. The second-order valence-corrected chi connectivity index (χ2v) is 21.4. The summed E-state index contributed by atoms with van der Waals surface area (Å²) >= 11 is 24.3. The van der Waals surface area contributed by atoms with Gasteiger partial charge in [0.25, 0.3) is 0 Å². The van der Waals surface area contributed by atoms with E-state index in [1.165, 1.54) is 0 Å². The number of thiol groups is 4. The van der Waals surface area contributed by atoms with Crippen LogP contribution >= 0.6 is 95.9 Å². The number of hydrogen-bond acceptors (Lipinski definition) is 16. The van der Waals surface area contributed by atoms with Gasteiger partial charge in [-0.25, -0.2) is 19.9 Å². The van der Waals surface area contributed by atoms with E-state index in [1.807, 2.05) is 0 Å². The summed E-state index contributed by atoms with van der Waals surface area (Å²) in [6, 6.07) is 25.7. The molecule has 0 saturated heterocycles. The first-order chi connectivity index (χ1) is 27.8. The zero-order valence-electron chi connectivity index (χ0n) is 31.1. The Morgan fingerprint density at radius 3 is 0.877 bits per heavy atom. The Morgan fingerprint density at radius 1 is 0.386 bits per heavy atom. The Bertz CT molecular complexity index is 2240. The van der Waals surface area contributed by atoms with Gasteiger partial charge in [0.2, 0.25) is 0 Å².